The van der Waals surface area contributed by atoms with Crippen molar-refractivity contribution in [3.05, 3.63) is 0 Å². The number of hydrogen-bond acceptors (Lipinski definition) is 4. The highest BCUT2D eigenvalue weighted by atomic mass is 16.6. The van der Waals surface area contributed by atoms with Crippen LogP contribution in [0, 0.1) is 5.92 Å². The summed E-state index contributed by atoms with van der Waals surface area (Å²) >= 11 is 0. The van der Waals surface area contributed by atoms with E-state index in [1.165, 1.54) is 19.3 Å². The summed E-state index contributed by atoms with van der Waals surface area (Å²) in [7, 11) is 0. The third kappa shape index (κ3) is 13.3. The molecule has 0 aromatic rings. The zero-order chi connectivity index (χ0) is 12.9. The Kier molecular flexibility index (Phi) is 11.4. The van der Waals surface area contributed by atoms with Crippen molar-refractivity contribution in [1.29, 1.82) is 0 Å². The highest BCUT2D eigenvalue weighted by molar-refractivity contribution is 5.70. The van der Waals surface area contributed by atoms with Gasteiger partial charge in [-0.25, -0.2) is 4.79 Å². The summed E-state index contributed by atoms with van der Waals surface area (Å²) in [5.41, 5.74) is 0. The van der Waals surface area contributed by atoms with Crippen LogP contribution in [-0.4, -0.2) is 38.9 Å². The topological polar surface area (TPSA) is 47.6 Å². The minimum absolute atomic E-state index is 0.0584. The summed E-state index contributed by atoms with van der Waals surface area (Å²) in [5.74, 6) is 0.507. The molecule has 0 rings (SSSR count). The monoisotopic (exact) mass is 245 g/mol. The van der Waals surface area contributed by atoms with Crippen LogP contribution in [-0.2, 0) is 14.3 Å². The molecule has 0 unspecified atom stereocenters. The number of rotatable bonds is 11. The van der Waals surface area contributed by atoms with Crippen LogP contribution in [0.4, 0.5) is 0 Å². The van der Waals surface area contributed by atoms with Crippen molar-refractivity contribution in [2.24, 2.45) is 5.92 Å². The van der Waals surface area contributed by atoms with E-state index in [1.54, 1.807) is 6.92 Å². The highest BCUT2D eigenvalue weighted by Crippen LogP contribution is 2.04. The predicted molar refractivity (Wildman–Crippen MR) is 69.0 cm³/mol. The van der Waals surface area contributed by atoms with E-state index < -0.39 is 0 Å². The second-order valence-electron chi connectivity index (χ2n) is 4.50. The average molecular weight is 245 g/mol. The number of carbonyl (C=O) groups is 1. The zero-order valence-corrected chi connectivity index (χ0v) is 11.5. The Morgan fingerprint density at radius 3 is 2.65 bits per heavy atom. The van der Waals surface area contributed by atoms with Crippen LogP contribution in [0.2, 0.25) is 0 Å². The lowest BCUT2D eigenvalue weighted by Crippen LogP contribution is -2.23. The second kappa shape index (κ2) is 11.9. The maximum atomic E-state index is 10.9. The third-order valence-electron chi connectivity index (χ3n) is 2.33. The van der Waals surface area contributed by atoms with Crippen LogP contribution in [0.3, 0.4) is 0 Å². The number of unbranched alkanes of at least 4 members (excludes halogenated alkanes) is 1. The van der Waals surface area contributed by atoms with Gasteiger partial charge in [-0.3, -0.25) is 0 Å². The first-order valence-corrected chi connectivity index (χ1v) is 6.60. The van der Waals surface area contributed by atoms with Gasteiger partial charge in [0, 0.05) is 6.54 Å². The molecule has 0 fully saturated rings. The van der Waals surface area contributed by atoms with E-state index in [-0.39, 0.29) is 12.6 Å². The molecule has 0 atom stereocenters. The van der Waals surface area contributed by atoms with Gasteiger partial charge < -0.3 is 14.8 Å². The van der Waals surface area contributed by atoms with Crippen molar-refractivity contribution < 1.29 is 14.3 Å². The molecule has 4 nitrogen and oxygen atoms in total. The lowest BCUT2D eigenvalue weighted by atomic mass is 10.1. The van der Waals surface area contributed by atoms with Crippen molar-refractivity contribution in [1.82, 2.24) is 5.32 Å². The van der Waals surface area contributed by atoms with Gasteiger partial charge in [-0.2, -0.15) is 0 Å². The number of carbonyl (C=O) groups excluding carboxylic acids is 1. The Morgan fingerprint density at radius 1 is 1.24 bits per heavy atom. The fourth-order valence-corrected chi connectivity index (χ4v) is 1.43. The zero-order valence-electron chi connectivity index (χ0n) is 11.5. The van der Waals surface area contributed by atoms with Crippen molar-refractivity contribution in [2.45, 2.75) is 40.0 Å². The van der Waals surface area contributed by atoms with E-state index in [1.807, 2.05) is 0 Å². The lowest BCUT2D eigenvalue weighted by molar-refractivity contribution is -0.148. The SMILES string of the molecule is CCOC(=O)COCCNCCCCC(C)C. The van der Waals surface area contributed by atoms with E-state index in [0.29, 0.717) is 13.2 Å². The molecular formula is C13H27NO3. The molecule has 0 spiro atoms. The van der Waals surface area contributed by atoms with Gasteiger partial charge in [0.25, 0.3) is 0 Å². The summed E-state index contributed by atoms with van der Waals surface area (Å²) in [6.45, 7) is 9.13. The van der Waals surface area contributed by atoms with Crippen molar-refractivity contribution >= 4 is 5.97 Å². The minimum atomic E-state index is -0.288. The number of esters is 1. The molecule has 0 radical (unpaired) electrons. The molecule has 1 N–H and O–H groups in total. The first kappa shape index (κ1) is 16.4. The number of ether oxygens (including phenoxy) is 2. The van der Waals surface area contributed by atoms with Gasteiger partial charge in [-0.15, -0.1) is 0 Å². The lowest BCUT2D eigenvalue weighted by Gasteiger charge is -2.07. The van der Waals surface area contributed by atoms with Gasteiger partial charge in [0.1, 0.15) is 6.61 Å². The van der Waals surface area contributed by atoms with Crippen LogP contribution in [0.15, 0.2) is 0 Å². The van der Waals surface area contributed by atoms with Gasteiger partial charge in [0.2, 0.25) is 0 Å². The average Bonchev–Trinajstić information content (AvgIpc) is 2.27. The molecule has 0 saturated carbocycles. The van der Waals surface area contributed by atoms with E-state index in [0.717, 1.165) is 19.0 Å². The molecule has 0 aromatic heterocycles. The molecule has 0 aliphatic carbocycles. The largest absolute Gasteiger partial charge is 0.464 e. The van der Waals surface area contributed by atoms with E-state index in [9.17, 15) is 4.79 Å². The summed E-state index contributed by atoms with van der Waals surface area (Å²) in [4.78, 5) is 10.9. The third-order valence-corrected chi connectivity index (χ3v) is 2.33. The molecular weight excluding hydrogens is 218 g/mol. The van der Waals surface area contributed by atoms with Crippen LogP contribution in [0.25, 0.3) is 0 Å². The van der Waals surface area contributed by atoms with E-state index >= 15 is 0 Å². The van der Waals surface area contributed by atoms with Crippen molar-refractivity contribution in [3.63, 3.8) is 0 Å². The minimum Gasteiger partial charge on any atom is -0.464 e. The van der Waals surface area contributed by atoms with Crippen LogP contribution in [0.1, 0.15) is 40.0 Å². The van der Waals surface area contributed by atoms with Gasteiger partial charge in [-0.05, 0) is 25.8 Å². The molecule has 0 bridgehead atoms. The Morgan fingerprint density at radius 2 is 2.00 bits per heavy atom. The summed E-state index contributed by atoms with van der Waals surface area (Å²) in [6.07, 6.45) is 3.77. The fourth-order valence-electron chi connectivity index (χ4n) is 1.43. The standard InChI is InChI=1S/C13H27NO3/c1-4-17-13(15)11-16-10-9-14-8-6-5-7-12(2)3/h12,14H,4-11H2,1-3H3. The first-order valence-electron chi connectivity index (χ1n) is 6.60. The number of nitrogens with one attached hydrogen (secondary N) is 1. The van der Waals surface area contributed by atoms with Crippen molar-refractivity contribution in [2.75, 3.05) is 32.9 Å². The maximum Gasteiger partial charge on any atom is 0.332 e. The van der Waals surface area contributed by atoms with E-state index in [2.05, 4.69) is 19.2 Å². The van der Waals surface area contributed by atoms with E-state index in [4.69, 9.17) is 9.47 Å². The molecule has 4 heteroatoms. The molecule has 0 saturated heterocycles. The van der Waals surface area contributed by atoms with Crippen LogP contribution < -0.4 is 5.32 Å². The quantitative estimate of drug-likeness (QED) is 0.447. The Balaban J connectivity index is 3.06. The van der Waals surface area contributed by atoms with Gasteiger partial charge >= 0.3 is 5.97 Å². The van der Waals surface area contributed by atoms with Crippen molar-refractivity contribution in [3.8, 4) is 0 Å². The molecule has 0 heterocycles. The Hall–Kier alpha value is -0.610. The normalized spacial score (nSPS) is 10.8. The molecule has 0 aliphatic heterocycles. The first-order chi connectivity index (χ1) is 8.16. The van der Waals surface area contributed by atoms with Gasteiger partial charge in [0.05, 0.1) is 13.2 Å². The Labute approximate surface area is 105 Å². The number of hydrogen-bond donors (Lipinski definition) is 1. The highest BCUT2D eigenvalue weighted by Gasteiger charge is 2.00. The molecule has 0 aliphatic rings. The smallest absolute Gasteiger partial charge is 0.332 e. The van der Waals surface area contributed by atoms with Gasteiger partial charge in [-0.1, -0.05) is 26.7 Å². The maximum absolute atomic E-state index is 10.9. The molecule has 0 aromatic carbocycles. The summed E-state index contributed by atoms with van der Waals surface area (Å²) in [6, 6.07) is 0. The molecule has 0 amide bonds. The molecule has 17 heavy (non-hydrogen) atoms. The summed E-state index contributed by atoms with van der Waals surface area (Å²) < 4.78 is 9.90. The van der Waals surface area contributed by atoms with Crippen LogP contribution >= 0.6 is 0 Å². The second-order valence-corrected chi connectivity index (χ2v) is 4.50. The predicted octanol–water partition coefficient (Wildman–Crippen LogP) is 1.98. The van der Waals surface area contributed by atoms with Crippen LogP contribution in [0.5, 0.6) is 0 Å². The van der Waals surface area contributed by atoms with Gasteiger partial charge in [0.15, 0.2) is 0 Å². The molecule has 102 valence electrons. The Bertz CT molecular complexity index is 184. The fraction of sp³-hybridized carbons (Fsp3) is 0.923. The summed E-state index contributed by atoms with van der Waals surface area (Å²) in [5, 5.41) is 3.29.